The number of hydrogen-bond donors (Lipinski definition) is 1. The Balaban J connectivity index is 1.33. The molecule has 33 heavy (non-hydrogen) atoms. The van der Waals surface area contributed by atoms with Gasteiger partial charge in [0, 0.05) is 26.2 Å². The maximum absolute atomic E-state index is 13.3. The van der Waals surface area contributed by atoms with Gasteiger partial charge in [0.2, 0.25) is 15.9 Å². The largest absolute Gasteiger partial charge is 0.356 e. The monoisotopic (exact) mass is 476 g/mol. The molecule has 0 spiro atoms. The highest BCUT2D eigenvalue weighted by Gasteiger charge is 2.33. The fourth-order valence-electron chi connectivity index (χ4n) is 4.85. The summed E-state index contributed by atoms with van der Waals surface area (Å²) in [6.07, 6.45) is 7.11. The minimum Gasteiger partial charge on any atom is -0.356 e. The van der Waals surface area contributed by atoms with Crippen LogP contribution < -0.4 is 5.32 Å². The van der Waals surface area contributed by atoms with Gasteiger partial charge in [-0.3, -0.25) is 4.79 Å². The number of nitrogens with one attached hydrogen (secondary N) is 1. The van der Waals surface area contributed by atoms with Gasteiger partial charge in [-0.2, -0.15) is 4.31 Å². The Bertz CT molecular complexity index is 1050. The molecule has 2 fully saturated rings. The second-order valence-corrected chi connectivity index (χ2v) is 11.2. The van der Waals surface area contributed by atoms with Crippen LogP contribution >= 0.6 is 0 Å². The van der Waals surface area contributed by atoms with Gasteiger partial charge < -0.3 is 10.2 Å². The molecular weight excluding hydrogens is 440 g/mol. The number of fused-ring (bicyclic) bond motifs is 1. The third kappa shape index (κ3) is 5.73. The van der Waals surface area contributed by atoms with Gasteiger partial charge in [-0.05, 0) is 76.4 Å². The lowest BCUT2D eigenvalue weighted by atomic mass is 9.99. The summed E-state index contributed by atoms with van der Waals surface area (Å²) in [5, 5.41) is 11.3. The van der Waals surface area contributed by atoms with E-state index in [4.69, 9.17) is 0 Å². The third-order valence-corrected chi connectivity index (χ3v) is 8.57. The van der Waals surface area contributed by atoms with Crippen molar-refractivity contribution in [1.82, 2.24) is 29.5 Å². The molecule has 1 N–H and O–H groups in total. The average Bonchev–Trinajstić information content (AvgIpc) is 3.25. The molecule has 0 radical (unpaired) electrons. The topological polar surface area (TPSA) is 100 Å². The van der Waals surface area contributed by atoms with Crippen LogP contribution in [-0.2, 0) is 21.4 Å². The predicted molar refractivity (Wildman–Crippen MR) is 127 cm³/mol. The minimum absolute atomic E-state index is 0.0356. The number of aryl methyl sites for hydroxylation is 1. The molecule has 2 saturated heterocycles. The Morgan fingerprint density at radius 3 is 2.73 bits per heavy atom. The number of nitrogens with zero attached hydrogens (tertiary/aromatic N) is 5. The molecular formula is C23H36N6O3S. The average molecular weight is 477 g/mol. The Labute approximate surface area is 196 Å². The number of hydrogen-bond acceptors (Lipinski definition) is 6. The molecule has 2 aliphatic heterocycles. The highest BCUT2D eigenvalue weighted by Crippen LogP contribution is 2.26. The zero-order valence-electron chi connectivity index (χ0n) is 19.6. The molecule has 1 unspecified atom stereocenters. The van der Waals surface area contributed by atoms with Crippen LogP contribution in [0, 0.1) is 5.92 Å². The first-order valence-electron chi connectivity index (χ1n) is 12.3. The molecule has 1 aromatic heterocycles. The van der Waals surface area contributed by atoms with Crippen molar-refractivity contribution in [2.24, 2.45) is 5.92 Å². The third-order valence-electron chi connectivity index (χ3n) is 6.71. The van der Waals surface area contributed by atoms with Crippen LogP contribution in [0.5, 0.6) is 0 Å². The van der Waals surface area contributed by atoms with Crippen LogP contribution in [0.15, 0.2) is 23.1 Å². The molecule has 2 aliphatic rings. The second-order valence-electron chi connectivity index (χ2n) is 9.21. The van der Waals surface area contributed by atoms with E-state index in [0.717, 1.165) is 44.5 Å². The van der Waals surface area contributed by atoms with Crippen molar-refractivity contribution in [1.29, 1.82) is 0 Å². The summed E-state index contributed by atoms with van der Waals surface area (Å²) in [5.41, 5.74) is 1.40. The van der Waals surface area contributed by atoms with Crippen LogP contribution in [0.2, 0.25) is 0 Å². The van der Waals surface area contributed by atoms with Crippen LogP contribution in [0.4, 0.5) is 0 Å². The molecule has 0 saturated carbocycles. The van der Waals surface area contributed by atoms with Crippen LogP contribution in [0.25, 0.3) is 11.0 Å². The zero-order valence-corrected chi connectivity index (χ0v) is 20.4. The van der Waals surface area contributed by atoms with Gasteiger partial charge in [-0.15, -0.1) is 5.10 Å². The van der Waals surface area contributed by atoms with Crippen molar-refractivity contribution in [2.75, 3.05) is 39.3 Å². The van der Waals surface area contributed by atoms with Crippen LogP contribution in [-0.4, -0.2) is 77.8 Å². The Hall–Kier alpha value is -2.04. The lowest BCUT2D eigenvalue weighted by Crippen LogP contribution is -2.45. The first kappa shape index (κ1) is 24.1. The normalized spacial score (nSPS) is 20.8. The van der Waals surface area contributed by atoms with E-state index >= 15 is 0 Å². The number of amides is 1. The smallest absolute Gasteiger partial charge is 0.243 e. The Morgan fingerprint density at radius 2 is 1.94 bits per heavy atom. The molecule has 2 aromatic rings. The van der Waals surface area contributed by atoms with E-state index in [1.165, 1.54) is 23.6 Å². The van der Waals surface area contributed by atoms with Gasteiger partial charge in [0.1, 0.15) is 5.52 Å². The number of carbonyl (C=O) groups is 1. The lowest BCUT2D eigenvalue weighted by molar-refractivity contribution is -0.126. The van der Waals surface area contributed by atoms with Crippen LogP contribution in [0.3, 0.4) is 0 Å². The molecule has 182 valence electrons. The molecule has 3 heterocycles. The SMILES string of the molecule is CCCn1nnc2cc(S(=O)(=O)N3CCCC(C(=O)NCCCN4CCCCC4)C3)ccc21. The van der Waals surface area contributed by atoms with Crippen molar-refractivity contribution in [3.63, 3.8) is 0 Å². The highest BCUT2D eigenvalue weighted by molar-refractivity contribution is 7.89. The van der Waals surface area contributed by atoms with Gasteiger partial charge in [0.15, 0.2) is 0 Å². The van der Waals surface area contributed by atoms with Crippen molar-refractivity contribution in [3.05, 3.63) is 18.2 Å². The number of likely N-dealkylation sites (tertiary alicyclic amines) is 1. The summed E-state index contributed by atoms with van der Waals surface area (Å²) in [6.45, 7) is 7.42. The van der Waals surface area contributed by atoms with Crippen LogP contribution in [0.1, 0.15) is 51.9 Å². The molecule has 9 nitrogen and oxygen atoms in total. The summed E-state index contributed by atoms with van der Waals surface area (Å²) in [4.78, 5) is 15.4. The van der Waals surface area contributed by atoms with E-state index in [1.54, 1.807) is 22.9 Å². The summed E-state index contributed by atoms with van der Waals surface area (Å²) < 4.78 is 29.8. The van der Waals surface area contributed by atoms with E-state index in [2.05, 4.69) is 27.5 Å². The Morgan fingerprint density at radius 1 is 1.12 bits per heavy atom. The van der Waals surface area contributed by atoms with E-state index in [9.17, 15) is 13.2 Å². The Kier molecular flexibility index (Phi) is 7.98. The predicted octanol–water partition coefficient (Wildman–Crippen LogP) is 2.23. The number of carbonyl (C=O) groups excluding carboxylic acids is 1. The highest BCUT2D eigenvalue weighted by atomic mass is 32.2. The fourth-order valence-corrected chi connectivity index (χ4v) is 6.40. The molecule has 1 amide bonds. The molecule has 4 rings (SSSR count). The number of piperidine rings is 2. The van der Waals surface area contributed by atoms with Gasteiger partial charge in [-0.25, -0.2) is 13.1 Å². The molecule has 0 bridgehead atoms. The number of aromatic nitrogens is 3. The van der Waals surface area contributed by atoms with Gasteiger partial charge in [0.05, 0.1) is 16.3 Å². The first-order valence-corrected chi connectivity index (χ1v) is 13.8. The van der Waals surface area contributed by atoms with E-state index in [0.29, 0.717) is 31.4 Å². The molecule has 1 atom stereocenters. The summed E-state index contributed by atoms with van der Waals surface area (Å²) in [7, 11) is -3.69. The minimum atomic E-state index is -3.69. The summed E-state index contributed by atoms with van der Waals surface area (Å²) in [6, 6.07) is 4.99. The number of rotatable bonds is 9. The van der Waals surface area contributed by atoms with Crippen molar-refractivity contribution in [3.8, 4) is 0 Å². The zero-order chi connectivity index (χ0) is 23.3. The van der Waals surface area contributed by atoms with Gasteiger partial charge in [-0.1, -0.05) is 18.6 Å². The van der Waals surface area contributed by atoms with Crippen molar-refractivity contribution < 1.29 is 13.2 Å². The molecule has 0 aliphatic carbocycles. The van der Waals surface area contributed by atoms with E-state index < -0.39 is 10.0 Å². The fraction of sp³-hybridized carbons (Fsp3) is 0.696. The summed E-state index contributed by atoms with van der Waals surface area (Å²) >= 11 is 0. The van der Waals surface area contributed by atoms with E-state index in [1.807, 2.05) is 0 Å². The van der Waals surface area contributed by atoms with Gasteiger partial charge in [0.25, 0.3) is 0 Å². The standard InChI is InChI=1S/C23H36N6O3S/c1-2-12-29-22-10-9-20(17-21(22)25-26-29)33(31,32)28-16-6-8-19(18-28)23(30)24-11-7-15-27-13-4-3-5-14-27/h9-10,17,19H,2-8,11-16,18H2,1H3,(H,24,30). The maximum Gasteiger partial charge on any atom is 0.243 e. The van der Waals surface area contributed by atoms with E-state index in [-0.39, 0.29) is 23.3 Å². The summed E-state index contributed by atoms with van der Waals surface area (Å²) in [5.74, 6) is -0.343. The van der Waals surface area contributed by atoms with Gasteiger partial charge >= 0.3 is 0 Å². The number of sulfonamides is 1. The van der Waals surface area contributed by atoms with Crippen molar-refractivity contribution >= 4 is 27.0 Å². The second kappa shape index (κ2) is 10.9. The molecule has 10 heteroatoms. The quantitative estimate of drug-likeness (QED) is 0.557. The molecule has 1 aromatic carbocycles. The lowest BCUT2D eigenvalue weighted by Gasteiger charge is -2.31. The number of benzene rings is 1. The maximum atomic E-state index is 13.3. The first-order chi connectivity index (χ1) is 16.0. The van der Waals surface area contributed by atoms with Crippen molar-refractivity contribution in [2.45, 2.75) is 63.3 Å².